The van der Waals surface area contributed by atoms with Gasteiger partial charge in [0.2, 0.25) is 11.8 Å². The summed E-state index contributed by atoms with van der Waals surface area (Å²) in [6.07, 6.45) is 1.03. The van der Waals surface area contributed by atoms with E-state index in [2.05, 4.69) is 39.9 Å². The Morgan fingerprint density at radius 2 is 1.74 bits per heavy atom. The Bertz CT molecular complexity index is 1140. The minimum absolute atomic E-state index is 0.00958. The number of nitrogens with one attached hydrogen (secondary N) is 1. The molecule has 2 amide bonds. The first kappa shape index (κ1) is 26.2. The number of rotatable bonds is 9. The Labute approximate surface area is 209 Å². The molecule has 0 aliphatic rings. The van der Waals surface area contributed by atoms with Crippen LogP contribution in [0.2, 0.25) is 0 Å². The van der Waals surface area contributed by atoms with Crippen molar-refractivity contribution in [3.05, 3.63) is 77.5 Å². The SMILES string of the molecule is Cc1cccc(-n2nc(C(C)(C)C)cc2NC(=O)CN(CC(C)C)C(=O)CCc2ccccc2)c1. The molecule has 0 radical (unpaired) electrons. The zero-order chi connectivity index (χ0) is 25.6. The van der Waals surface area contributed by atoms with Gasteiger partial charge in [-0.25, -0.2) is 4.68 Å². The number of benzene rings is 2. The second-order valence-electron chi connectivity index (χ2n) is 10.6. The van der Waals surface area contributed by atoms with Crippen LogP contribution >= 0.6 is 0 Å². The number of anilines is 1. The highest BCUT2D eigenvalue weighted by molar-refractivity contribution is 5.94. The van der Waals surface area contributed by atoms with Crippen molar-refractivity contribution in [2.45, 2.75) is 59.8 Å². The molecule has 186 valence electrons. The number of aryl methyl sites for hydroxylation is 2. The van der Waals surface area contributed by atoms with E-state index < -0.39 is 0 Å². The minimum Gasteiger partial charge on any atom is -0.333 e. The lowest BCUT2D eigenvalue weighted by Crippen LogP contribution is -2.40. The molecule has 0 aliphatic heterocycles. The maximum Gasteiger partial charge on any atom is 0.245 e. The van der Waals surface area contributed by atoms with Crippen LogP contribution in [-0.4, -0.2) is 39.6 Å². The van der Waals surface area contributed by atoms with Crippen LogP contribution in [0.25, 0.3) is 5.69 Å². The third kappa shape index (κ3) is 7.54. The molecule has 0 saturated carbocycles. The molecule has 1 aromatic heterocycles. The third-order valence-corrected chi connectivity index (χ3v) is 5.73. The number of hydrogen-bond donors (Lipinski definition) is 1. The first-order valence-corrected chi connectivity index (χ1v) is 12.3. The first-order chi connectivity index (χ1) is 16.5. The Balaban J connectivity index is 1.77. The summed E-state index contributed by atoms with van der Waals surface area (Å²) in [5.74, 6) is 0.619. The van der Waals surface area contributed by atoms with Crippen LogP contribution in [0.4, 0.5) is 5.82 Å². The zero-order valence-electron chi connectivity index (χ0n) is 21.8. The summed E-state index contributed by atoms with van der Waals surface area (Å²) in [6, 6.07) is 19.9. The van der Waals surface area contributed by atoms with Crippen LogP contribution in [0.3, 0.4) is 0 Å². The number of hydrogen-bond acceptors (Lipinski definition) is 3. The quantitative estimate of drug-likeness (QED) is 0.443. The van der Waals surface area contributed by atoms with E-state index in [1.165, 1.54) is 0 Å². The Morgan fingerprint density at radius 3 is 2.37 bits per heavy atom. The van der Waals surface area contributed by atoms with E-state index in [9.17, 15) is 9.59 Å². The largest absolute Gasteiger partial charge is 0.333 e. The lowest BCUT2D eigenvalue weighted by Gasteiger charge is -2.24. The van der Waals surface area contributed by atoms with Gasteiger partial charge in [0, 0.05) is 24.4 Å². The predicted octanol–water partition coefficient (Wildman–Crippen LogP) is 5.53. The molecule has 35 heavy (non-hydrogen) atoms. The molecule has 0 aliphatic carbocycles. The molecule has 6 heteroatoms. The summed E-state index contributed by atoms with van der Waals surface area (Å²) in [6.45, 7) is 13.0. The second-order valence-corrected chi connectivity index (χ2v) is 10.6. The summed E-state index contributed by atoms with van der Waals surface area (Å²) in [7, 11) is 0. The van der Waals surface area contributed by atoms with E-state index in [4.69, 9.17) is 5.10 Å². The predicted molar refractivity (Wildman–Crippen MR) is 142 cm³/mol. The fourth-order valence-corrected chi connectivity index (χ4v) is 3.90. The van der Waals surface area contributed by atoms with E-state index in [1.807, 2.05) is 67.6 Å². The highest BCUT2D eigenvalue weighted by atomic mass is 16.2. The van der Waals surface area contributed by atoms with Gasteiger partial charge in [-0.2, -0.15) is 5.10 Å². The van der Waals surface area contributed by atoms with Gasteiger partial charge in [-0.05, 0) is 42.5 Å². The van der Waals surface area contributed by atoms with E-state index >= 15 is 0 Å². The molecule has 0 saturated heterocycles. The fraction of sp³-hybridized carbons (Fsp3) is 0.414. The summed E-state index contributed by atoms with van der Waals surface area (Å²) in [5, 5.41) is 7.81. The zero-order valence-corrected chi connectivity index (χ0v) is 21.8. The van der Waals surface area contributed by atoms with Gasteiger partial charge >= 0.3 is 0 Å². The molecule has 0 bridgehead atoms. The minimum atomic E-state index is -0.229. The van der Waals surface area contributed by atoms with Gasteiger partial charge in [-0.3, -0.25) is 9.59 Å². The Morgan fingerprint density at radius 1 is 1.03 bits per heavy atom. The standard InChI is InChI=1S/C29H38N4O2/c1-21(2)19-32(28(35)16-15-23-12-8-7-9-13-23)20-27(34)30-26-18-25(29(4,5)6)31-33(26)24-14-10-11-22(3)17-24/h7-14,17-18,21H,15-16,19-20H2,1-6H3,(H,30,34). The summed E-state index contributed by atoms with van der Waals surface area (Å²) >= 11 is 0. The van der Waals surface area contributed by atoms with Crippen LogP contribution < -0.4 is 5.32 Å². The maximum absolute atomic E-state index is 13.1. The van der Waals surface area contributed by atoms with Crippen molar-refractivity contribution in [1.82, 2.24) is 14.7 Å². The van der Waals surface area contributed by atoms with Crippen molar-refractivity contribution in [2.75, 3.05) is 18.4 Å². The van der Waals surface area contributed by atoms with Crippen molar-refractivity contribution in [2.24, 2.45) is 5.92 Å². The van der Waals surface area contributed by atoms with Gasteiger partial charge in [-0.1, -0.05) is 77.1 Å². The van der Waals surface area contributed by atoms with E-state index in [0.29, 0.717) is 25.2 Å². The smallest absolute Gasteiger partial charge is 0.245 e. The average molecular weight is 475 g/mol. The van der Waals surface area contributed by atoms with Crippen LogP contribution in [-0.2, 0) is 21.4 Å². The molecule has 1 N–H and O–H groups in total. The Kier molecular flexibility index (Phi) is 8.49. The van der Waals surface area contributed by atoms with Crippen molar-refractivity contribution in [3.63, 3.8) is 0 Å². The summed E-state index contributed by atoms with van der Waals surface area (Å²) < 4.78 is 1.77. The van der Waals surface area contributed by atoms with Crippen molar-refractivity contribution >= 4 is 17.6 Å². The van der Waals surface area contributed by atoms with E-state index in [0.717, 1.165) is 22.5 Å². The molecular formula is C29H38N4O2. The van der Waals surface area contributed by atoms with Gasteiger partial charge in [0.05, 0.1) is 17.9 Å². The Hall–Kier alpha value is -3.41. The lowest BCUT2D eigenvalue weighted by molar-refractivity contribution is -0.135. The fourth-order valence-electron chi connectivity index (χ4n) is 3.90. The molecule has 0 spiro atoms. The molecule has 6 nitrogen and oxygen atoms in total. The lowest BCUT2D eigenvalue weighted by atomic mass is 9.92. The van der Waals surface area contributed by atoms with Gasteiger partial charge in [-0.15, -0.1) is 0 Å². The highest BCUT2D eigenvalue weighted by Crippen LogP contribution is 2.26. The molecule has 2 aromatic carbocycles. The molecule has 0 unspecified atom stereocenters. The molecule has 1 heterocycles. The first-order valence-electron chi connectivity index (χ1n) is 12.3. The van der Waals surface area contributed by atoms with E-state index in [1.54, 1.807) is 9.58 Å². The average Bonchev–Trinajstić information content (AvgIpc) is 3.21. The van der Waals surface area contributed by atoms with Gasteiger partial charge in [0.1, 0.15) is 5.82 Å². The second kappa shape index (κ2) is 11.3. The normalized spacial score (nSPS) is 11.5. The van der Waals surface area contributed by atoms with Crippen molar-refractivity contribution < 1.29 is 9.59 Å². The third-order valence-electron chi connectivity index (χ3n) is 5.73. The molecule has 0 fully saturated rings. The number of nitrogens with zero attached hydrogens (tertiary/aromatic N) is 3. The number of carbonyl (C=O) groups is 2. The monoisotopic (exact) mass is 474 g/mol. The topological polar surface area (TPSA) is 67.2 Å². The van der Waals surface area contributed by atoms with Crippen LogP contribution in [0.15, 0.2) is 60.7 Å². The van der Waals surface area contributed by atoms with Crippen molar-refractivity contribution in [3.8, 4) is 5.69 Å². The molecule has 0 atom stereocenters. The molecule has 3 aromatic rings. The summed E-state index contributed by atoms with van der Waals surface area (Å²) in [5.41, 5.74) is 3.82. The van der Waals surface area contributed by atoms with E-state index in [-0.39, 0.29) is 29.7 Å². The van der Waals surface area contributed by atoms with Crippen LogP contribution in [0.5, 0.6) is 0 Å². The summed E-state index contributed by atoms with van der Waals surface area (Å²) in [4.78, 5) is 27.8. The van der Waals surface area contributed by atoms with Gasteiger partial charge in [0.15, 0.2) is 0 Å². The number of carbonyl (C=O) groups excluding carboxylic acids is 2. The van der Waals surface area contributed by atoms with Crippen LogP contribution in [0.1, 0.15) is 57.9 Å². The van der Waals surface area contributed by atoms with Gasteiger partial charge in [0.25, 0.3) is 0 Å². The molecule has 3 rings (SSSR count). The highest BCUT2D eigenvalue weighted by Gasteiger charge is 2.23. The molecular weight excluding hydrogens is 436 g/mol. The maximum atomic E-state index is 13.1. The van der Waals surface area contributed by atoms with Gasteiger partial charge < -0.3 is 10.2 Å². The van der Waals surface area contributed by atoms with Crippen LogP contribution in [0, 0.1) is 12.8 Å². The number of amides is 2. The number of aromatic nitrogens is 2. The van der Waals surface area contributed by atoms with Crippen molar-refractivity contribution in [1.29, 1.82) is 0 Å².